The van der Waals surface area contributed by atoms with Crippen LogP contribution in [0, 0.1) is 17.2 Å². The van der Waals surface area contributed by atoms with Crippen LogP contribution in [-0.2, 0) is 0 Å². The van der Waals surface area contributed by atoms with E-state index in [1.165, 1.54) is 12.8 Å². The Bertz CT molecular complexity index is 385. The number of rotatable bonds is 3. The lowest BCUT2D eigenvalue weighted by molar-refractivity contribution is 0.439. The van der Waals surface area contributed by atoms with Crippen LogP contribution in [0.5, 0.6) is 0 Å². The summed E-state index contributed by atoms with van der Waals surface area (Å²) >= 11 is 5.00. The molecule has 2 atom stereocenters. The maximum absolute atomic E-state index is 9.09. The van der Waals surface area contributed by atoms with Crippen LogP contribution in [0.2, 0.25) is 0 Å². The predicted octanol–water partition coefficient (Wildman–Crippen LogP) is 3.43. The van der Waals surface area contributed by atoms with Crippen LogP contribution >= 0.6 is 34.9 Å². The number of hydrogen-bond donors (Lipinski definition) is 0. The topological polar surface area (TPSA) is 49.6 Å². The molecule has 16 heavy (non-hydrogen) atoms. The predicted molar refractivity (Wildman–Crippen MR) is 68.9 cm³/mol. The molecule has 86 valence electrons. The Morgan fingerprint density at radius 2 is 2.06 bits per heavy atom. The zero-order chi connectivity index (χ0) is 11.4. The summed E-state index contributed by atoms with van der Waals surface area (Å²) < 4.78 is 2.02. The minimum atomic E-state index is 0.195. The fourth-order valence-corrected chi connectivity index (χ4v) is 4.80. The summed E-state index contributed by atoms with van der Waals surface area (Å²) in [5, 5.41) is 17.7. The van der Waals surface area contributed by atoms with Gasteiger partial charge in [-0.2, -0.15) is 5.26 Å². The van der Waals surface area contributed by atoms with E-state index in [1.54, 1.807) is 34.9 Å². The van der Waals surface area contributed by atoms with E-state index in [0.717, 1.165) is 21.5 Å². The molecule has 1 fully saturated rings. The summed E-state index contributed by atoms with van der Waals surface area (Å²) in [7, 11) is 0. The fraction of sp³-hybridized carbons (Fsp3) is 0.700. The average Bonchev–Trinajstić information content (AvgIpc) is 2.77. The molecule has 1 aliphatic rings. The first-order valence-electron chi connectivity index (χ1n) is 5.27. The molecule has 2 unspecified atom stereocenters. The van der Waals surface area contributed by atoms with E-state index in [9.17, 15) is 0 Å². The molecular weight excluding hydrogens is 258 g/mol. The van der Waals surface area contributed by atoms with Crippen molar-refractivity contribution in [2.45, 2.75) is 39.6 Å². The molecule has 0 bridgehead atoms. The second kappa shape index (κ2) is 5.89. The third-order valence-electron chi connectivity index (χ3n) is 2.68. The van der Waals surface area contributed by atoms with Gasteiger partial charge in [0.2, 0.25) is 0 Å². The molecule has 1 aromatic rings. The van der Waals surface area contributed by atoms with Gasteiger partial charge in [0.1, 0.15) is 0 Å². The van der Waals surface area contributed by atoms with Gasteiger partial charge in [0, 0.05) is 5.25 Å². The minimum absolute atomic E-state index is 0.195. The van der Waals surface area contributed by atoms with Gasteiger partial charge in [0.05, 0.1) is 12.0 Å². The van der Waals surface area contributed by atoms with Crippen molar-refractivity contribution >= 4 is 34.9 Å². The number of aromatic nitrogens is 2. The maximum Gasteiger partial charge on any atom is 0.175 e. The SMILES string of the molecule is CSc1nnc(SC2CCCCC2C#N)s1. The van der Waals surface area contributed by atoms with Gasteiger partial charge in [-0.25, -0.2) is 0 Å². The molecule has 3 nitrogen and oxygen atoms in total. The standard InChI is InChI=1S/C10H13N3S3/c1-14-9-12-13-10(16-9)15-8-5-3-2-4-7(8)6-11/h7-8H,2-5H2,1H3. The van der Waals surface area contributed by atoms with Crippen LogP contribution in [0.25, 0.3) is 0 Å². The summed E-state index contributed by atoms with van der Waals surface area (Å²) in [5.41, 5.74) is 0. The third-order valence-corrected chi connectivity index (χ3v) is 6.07. The first-order chi connectivity index (χ1) is 7.83. The highest BCUT2D eigenvalue weighted by atomic mass is 32.2. The smallest absolute Gasteiger partial charge is 0.175 e. The largest absolute Gasteiger partial charge is 0.198 e. The molecule has 1 saturated carbocycles. The Morgan fingerprint density at radius 1 is 1.31 bits per heavy atom. The van der Waals surface area contributed by atoms with Gasteiger partial charge < -0.3 is 0 Å². The molecular formula is C10H13N3S3. The Hall–Kier alpha value is -0.250. The summed E-state index contributed by atoms with van der Waals surface area (Å²) in [6, 6.07) is 2.43. The van der Waals surface area contributed by atoms with Gasteiger partial charge in [-0.05, 0) is 19.1 Å². The zero-order valence-corrected chi connectivity index (χ0v) is 11.5. The highest BCUT2D eigenvalue weighted by Crippen LogP contribution is 2.39. The Balaban J connectivity index is 1.99. The molecule has 0 aromatic carbocycles. The molecule has 1 aromatic heterocycles. The molecule has 0 amide bonds. The van der Waals surface area contributed by atoms with Crippen molar-refractivity contribution in [1.29, 1.82) is 5.26 Å². The van der Waals surface area contributed by atoms with Crippen LogP contribution < -0.4 is 0 Å². The van der Waals surface area contributed by atoms with Gasteiger partial charge in [-0.15, -0.1) is 10.2 Å². The number of nitrogens with zero attached hydrogens (tertiary/aromatic N) is 3. The van der Waals surface area contributed by atoms with Crippen molar-refractivity contribution in [2.24, 2.45) is 5.92 Å². The molecule has 0 spiro atoms. The van der Waals surface area contributed by atoms with Gasteiger partial charge in [0.15, 0.2) is 8.68 Å². The second-order valence-corrected chi connectivity index (χ2v) is 7.23. The second-order valence-electron chi connectivity index (χ2n) is 3.71. The summed E-state index contributed by atoms with van der Waals surface area (Å²) in [5.74, 6) is 0.195. The molecule has 6 heteroatoms. The zero-order valence-electron chi connectivity index (χ0n) is 9.05. The van der Waals surface area contributed by atoms with Gasteiger partial charge in [-0.3, -0.25) is 0 Å². The van der Waals surface area contributed by atoms with E-state index in [4.69, 9.17) is 5.26 Å². The fourth-order valence-electron chi connectivity index (χ4n) is 1.84. The molecule has 0 radical (unpaired) electrons. The van der Waals surface area contributed by atoms with E-state index in [-0.39, 0.29) is 5.92 Å². The summed E-state index contributed by atoms with van der Waals surface area (Å²) in [6.45, 7) is 0. The lowest BCUT2D eigenvalue weighted by atomic mass is 9.90. The van der Waals surface area contributed by atoms with Crippen LogP contribution in [0.1, 0.15) is 25.7 Å². The van der Waals surface area contributed by atoms with Crippen LogP contribution in [-0.4, -0.2) is 21.7 Å². The van der Waals surface area contributed by atoms with E-state index in [1.807, 2.05) is 6.26 Å². The lowest BCUT2D eigenvalue weighted by Gasteiger charge is -2.24. The quantitative estimate of drug-likeness (QED) is 0.788. The summed E-state index contributed by atoms with van der Waals surface area (Å²) in [6.07, 6.45) is 6.62. The molecule has 2 rings (SSSR count). The molecule has 0 N–H and O–H groups in total. The Kier molecular flexibility index (Phi) is 4.50. The highest BCUT2D eigenvalue weighted by Gasteiger charge is 2.26. The van der Waals surface area contributed by atoms with Crippen molar-refractivity contribution in [3.63, 3.8) is 0 Å². The van der Waals surface area contributed by atoms with Gasteiger partial charge >= 0.3 is 0 Å². The normalized spacial score (nSPS) is 25.2. The van der Waals surface area contributed by atoms with Crippen molar-refractivity contribution in [1.82, 2.24) is 10.2 Å². The third kappa shape index (κ3) is 2.90. The first kappa shape index (κ1) is 12.2. The van der Waals surface area contributed by atoms with E-state index in [0.29, 0.717) is 5.25 Å². The van der Waals surface area contributed by atoms with Gasteiger partial charge in [-0.1, -0.05) is 47.7 Å². The van der Waals surface area contributed by atoms with Crippen molar-refractivity contribution in [3.8, 4) is 6.07 Å². The van der Waals surface area contributed by atoms with E-state index < -0.39 is 0 Å². The molecule has 0 aliphatic heterocycles. The highest BCUT2D eigenvalue weighted by molar-refractivity contribution is 8.03. The summed E-state index contributed by atoms with van der Waals surface area (Å²) in [4.78, 5) is 0. The van der Waals surface area contributed by atoms with Crippen LogP contribution in [0.3, 0.4) is 0 Å². The van der Waals surface area contributed by atoms with Crippen molar-refractivity contribution < 1.29 is 0 Å². The van der Waals surface area contributed by atoms with Crippen molar-refractivity contribution in [3.05, 3.63) is 0 Å². The monoisotopic (exact) mass is 271 g/mol. The molecule has 0 saturated heterocycles. The number of nitriles is 1. The first-order valence-corrected chi connectivity index (χ1v) is 8.19. The van der Waals surface area contributed by atoms with Crippen LogP contribution in [0.4, 0.5) is 0 Å². The average molecular weight is 271 g/mol. The maximum atomic E-state index is 9.09. The van der Waals surface area contributed by atoms with Gasteiger partial charge in [0.25, 0.3) is 0 Å². The minimum Gasteiger partial charge on any atom is -0.198 e. The Labute approximate surface area is 108 Å². The Morgan fingerprint density at radius 3 is 2.75 bits per heavy atom. The van der Waals surface area contributed by atoms with E-state index >= 15 is 0 Å². The van der Waals surface area contributed by atoms with Crippen LogP contribution in [0.15, 0.2) is 8.68 Å². The number of hydrogen-bond acceptors (Lipinski definition) is 6. The number of thioether (sulfide) groups is 2. The van der Waals surface area contributed by atoms with E-state index in [2.05, 4.69) is 16.3 Å². The lowest BCUT2D eigenvalue weighted by Crippen LogP contribution is -2.20. The van der Waals surface area contributed by atoms with Crippen molar-refractivity contribution in [2.75, 3.05) is 6.26 Å². The molecule has 1 aliphatic carbocycles. The molecule has 1 heterocycles.